The molecule has 0 spiro atoms. The Morgan fingerprint density at radius 3 is 2.67 bits per heavy atom. The lowest BCUT2D eigenvalue weighted by atomic mass is 10.1. The molecule has 3 unspecified atom stereocenters. The van der Waals surface area contributed by atoms with E-state index in [9.17, 15) is 0 Å². The molecule has 3 aliphatic rings. The summed E-state index contributed by atoms with van der Waals surface area (Å²) in [5.41, 5.74) is 0. The summed E-state index contributed by atoms with van der Waals surface area (Å²) >= 11 is 2.19. The third-order valence-electron chi connectivity index (χ3n) is 5.11. The van der Waals surface area contributed by atoms with Gasteiger partial charge in [0.15, 0.2) is 0 Å². The van der Waals surface area contributed by atoms with Gasteiger partial charge >= 0.3 is 0 Å². The minimum absolute atomic E-state index is 0.894. The van der Waals surface area contributed by atoms with Crippen molar-refractivity contribution < 1.29 is 0 Å². The Kier molecular flexibility index (Phi) is 4.53. The molecule has 0 bridgehead atoms. The molecule has 0 amide bonds. The number of hydrogen-bond donors (Lipinski definition) is 0. The molecule has 0 radical (unpaired) electrons. The Morgan fingerprint density at radius 1 is 0.944 bits per heavy atom. The molecule has 0 aromatic rings. The normalized spacial score (nSPS) is 38.8. The van der Waals surface area contributed by atoms with Gasteiger partial charge < -0.3 is 0 Å². The Hall–Kier alpha value is 0.270. The molecule has 0 N–H and O–H groups in total. The van der Waals surface area contributed by atoms with Crippen LogP contribution in [0.5, 0.6) is 0 Å². The van der Waals surface area contributed by atoms with Gasteiger partial charge in [-0.25, -0.2) is 0 Å². The fraction of sp³-hybridized carbons (Fsp3) is 1.00. The Bertz CT molecular complexity index is 271. The highest BCUT2D eigenvalue weighted by atomic mass is 32.2. The van der Waals surface area contributed by atoms with Gasteiger partial charge in [0.1, 0.15) is 0 Å². The van der Waals surface area contributed by atoms with E-state index < -0.39 is 0 Å². The van der Waals surface area contributed by atoms with E-state index in [-0.39, 0.29) is 0 Å². The van der Waals surface area contributed by atoms with Crippen LogP contribution in [0.1, 0.15) is 45.4 Å². The Morgan fingerprint density at radius 2 is 1.78 bits per heavy atom. The van der Waals surface area contributed by atoms with Crippen molar-refractivity contribution >= 4 is 11.8 Å². The SMILES string of the molecule is CCSC1CCC(N2CCCN3CCCC3C2)C1. The number of hydrogen-bond acceptors (Lipinski definition) is 3. The van der Waals surface area contributed by atoms with Crippen LogP contribution in [-0.4, -0.2) is 59.1 Å². The molecular weight excluding hydrogens is 240 g/mol. The molecule has 2 heterocycles. The average Bonchev–Trinajstić information content (AvgIpc) is 2.95. The van der Waals surface area contributed by atoms with E-state index in [1.54, 1.807) is 0 Å². The molecule has 2 aliphatic heterocycles. The minimum Gasteiger partial charge on any atom is -0.299 e. The van der Waals surface area contributed by atoms with Gasteiger partial charge in [-0.05, 0) is 63.9 Å². The molecule has 3 fully saturated rings. The predicted octanol–water partition coefficient (Wildman–Crippen LogP) is 2.83. The zero-order valence-electron chi connectivity index (χ0n) is 11.8. The molecule has 1 aliphatic carbocycles. The predicted molar refractivity (Wildman–Crippen MR) is 80.3 cm³/mol. The largest absolute Gasteiger partial charge is 0.299 e. The zero-order valence-corrected chi connectivity index (χ0v) is 12.6. The number of fused-ring (bicyclic) bond motifs is 1. The van der Waals surface area contributed by atoms with Gasteiger partial charge in [-0.15, -0.1) is 0 Å². The number of rotatable bonds is 3. The maximum atomic E-state index is 2.85. The lowest BCUT2D eigenvalue weighted by Gasteiger charge is -2.30. The maximum absolute atomic E-state index is 2.85. The molecule has 3 atom stereocenters. The van der Waals surface area contributed by atoms with Gasteiger partial charge in [-0.1, -0.05) is 6.92 Å². The van der Waals surface area contributed by atoms with E-state index in [4.69, 9.17) is 0 Å². The van der Waals surface area contributed by atoms with Crippen LogP contribution in [-0.2, 0) is 0 Å². The van der Waals surface area contributed by atoms with Crippen LogP contribution < -0.4 is 0 Å². The standard InChI is InChI=1S/C15H28N2S/c1-2-18-15-7-6-13(11-15)17-10-4-9-16-8-3-5-14(16)12-17/h13-15H,2-12H2,1H3. The van der Waals surface area contributed by atoms with Crippen LogP contribution >= 0.6 is 11.8 Å². The molecule has 2 saturated heterocycles. The van der Waals surface area contributed by atoms with Crippen molar-refractivity contribution in [1.82, 2.24) is 9.80 Å². The van der Waals surface area contributed by atoms with Gasteiger partial charge in [0.25, 0.3) is 0 Å². The van der Waals surface area contributed by atoms with Crippen LogP contribution in [0.4, 0.5) is 0 Å². The maximum Gasteiger partial charge on any atom is 0.0223 e. The van der Waals surface area contributed by atoms with E-state index >= 15 is 0 Å². The highest BCUT2D eigenvalue weighted by Crippen LogP contribution is 2.34. The second-order valence-corrected chi connectivity index (χ2v) is 7.80. The first kappa shape index (κ1) is 13.3. The minimum atomic E-state index is 0.894. The smallest absolute Gasteiger partial charge is 0.0223 e. The fourth-order valence-corrected chi connectivity index (χ4v) is 5.34. The second-order valence-electron chi connectivity index (χ2n) is 6.22. The van der Waals surface area contributed by atoms with Crippen molar-refractivity contribution in [2.45, 2.75) is 62.8 Å². The van der Waals surface area contributed by atoms with E-state index in [1.165, 1.54) is 70.5 Å². The Labute approximate surface area is 116 Å². The number of thioether (sulfide) groups is 1. The summed E-state index contributed by atoms with van der Waals surface area (Å²) in [6.07, 6.45) is 8.69. The quantitative estimate of drug-likeness (QED) is 0.777. The summed E-state index contributed by atoms with van der Waals surface area (Å²) in [5, 5.41) is 0.961. The monoisotopic (exact) mass is 268 g/mol. The molecular formula is C15H28N2S. The zero-order chi connectivity index (χ0) is 12.4. The van der Waals surface area contributed by atoms with E-state index in [0.29, 0.717) is 0 Å². The van der Waals surface area contributed by atoms with Crippen LogP contribution in [0, 0.1) is 0 Å². The first-order valence-electron chi connectivity index (χ1n) is 7.96. The van der Waals surface area contributed by atoms with Crippen molar-refractivity contribution in [2.24, 2.45) is 0 Å². The van der Waals surface area contributed by atoms with Gasteiger partial charge in [-0.3, -0.25) is 9.80 Å². The van der Waals surface area contributed by atoms with Crippen LogP contribution in [0.25, 0.3) is 0 Å². The summed E-state index contributed by atoms with van der Waals surface area (Å²) in [5.74, 6) is 1.30. The lowest BCUT2D eigenvalue weighted by molar-refractivity contribution is 0.174. The van der Waals surface area contributed by atoms with Gasteiger partial charge in [0.05, 0.1) is 0 Å². The molecule has 2 nitrogen and oxygen atoms in total. The van der Waals surface area contributed by atoms with Gasteiger partial charge in [0.2, 0.25) is 0 Å². The molecule has 104 valence electrons. The van der Waals surface area contributed by atoms with Crippen molar-refractivity contribution in [3.8, 4) is 0 Å². The van der Waals surface area contributed by atoms with Crippen LogP contribution in [0.2, 0.25) is 0 Å². The third-order valence-corrected chi connectivity index (χ3v) is 6.34. The second kappa shape index (κ2) is 6.15. The van der Waals surface area contributed by atoms with Crippen LogP contribution in [0.15, 0.2) is 0 Å². The third kappa shape index (κ3) is 2.88. The molecule has 3 rings (SSSR count). The molecule has 0 aromatic heterocycles. The first-order chi connectivity index (χ1) is 8.86. The van der Waals surface area contributed by atoms with Crippen molar-refractivity contribution in [3.05, 3.63) is 0 Å². The van der Waals surface area contributed by atoms with E-state index in [1.807, 2.05) is 0 Å². The highest BCUT2D eigenvalue weighted by Gasteiger charge is 2.34. The summed E-state index contributed by atoms with van der Waals surface area (Å²) < 4.78 is 0. The topological polar surface area (TPSA) is 6.48 Å². The van der Waals surface area contributed by atoms with Crippen molar-refractivity contribution in [3.63, 3.8) is 0 Å². The molecule has 18 heavy (non-hydrogen) atoms. The van der Waals surface area contributed by atoms with Gasteiger partial charge in [0, 0.05) is 23.9 Å². The van der Waals surface area contributed by atoms with E-state index in [2.05, 4.69) is 28.5 Å². The Balaban J connectivity index is 1.55. The fourth-order valence-electron chi connectivity index (χ4n) is 4.20. The van der Waals surface area contributed by atoms with Crippen LogP contribution in [0.3, 0.4) is 0 Å². The summed E-state index contributed by atoms with van der Waals surface area (Å²) in [6, 6.07) is 1.81. The lowest BCUT2D eigenvalue weighted by Crippen LogP contribution is -2.41. The summed E-state index contributed by atoms with van der Waals surface area (Å²) in [7, 11) is 0. The van der Waals surface area contributed by atoms with Gasteiger partial charge in [-0.2, -0.15) is 11.8 Å². The summed E-state index contributed by atoms with van der Waals surface area (Å²) in [6.45, 7) is 7.77. The summed E-state index contributed by atoms with van der Waals surface area (Å²) in [4.78, 5) is 5.61. The number of nitrogens with zero attached hydrogens (tertiary/aromatic N) is 2. The first-order valence-corrected chi connectivity index (χ1v) is 9.01. The van der Waals surface area contributed by atoms with Crippen molar-refractivity contribution in [2.75, 3.05) is 31.9 Å². The van der Waals surface area contributed by atoms with E-state index in [0.717, 1.165) is 17.3 Å². The highest BCUT2D eigenvalue weighted by molar-refractivity contribution is 7.99. The molecule has 1 saturated carbocycles. The molecule has 3 heteroatoms. The average molecular weight is 268 g/mol. The molecule has 0 aromatic carbocycles. The van der Waals surface area contributed by atoms with Crippen molar-refractivity contribution in [1.29, 1.82) is 0 Å².